The molecule has 5 heteroatoms. The van der Waals surface area contributed by atoms with E-state index in [1.807, 2.05) is 25.1 Å². The average Bonchev–Trinajstić information content (AvgIpc) is 2.44. The Morgan fingerprint density at radius 3 is 3.00 bits per heavy atom. The van der Waals surface area contributed by atoms with Gasteiger partial charge in [0.2, 0.25) is 0 Å². The van der Waals surface area contributed by atoms with Gasteiger partial charge in [-0.3, -0.25) is 0 Å². The third-order valence-corrected chi connectivity index (χ3v) is 2.53. The monoisotopic (exact) mass is 229 g/mol. The maximum atomic E-state index is 5.58. The second-order valence-corrected chi connectivity index (χ2v) is 3.68. The van der Waals surface area contributed by atoms with Crippen LogP contribution in [0.25, 0.3) is 10.2 Å². The van der Waals surface area contributed by atoms with Crippen molar-refractivity contribution in [2.24, 2.45) is 0 Å². The molecule has 3 nitrogen and oxygen atoms in total. The van der Waals surface area contributed by atoms with Crippen molar-refractivity contribution in [2.45, 2.75) is 6.92 Å². The number of hydrogen-bond donors (Lipinski definition) is 1. The Hall–Kier alpha value is -1.00. The molecule has 0 aliphatic heterocycles. The molecule has 0 aliphatic carbocycles. The minimum Gasteiger partial charge on any atom is -1.00 e. The number of rotatable bonds is 2. The van der Waals surface area contributed by atoms with E-state index in [2.05, 4.69) is 4.98 Å². The van der Waals surface area contributed by atoms with Gasteiger partial charge in [-0.15, -0.1) is 0 Å². The number of benzene rings is 1. The van der Waals surface area contributed by atoms with Gasteiger partial charge in [-0.2, -0.15) is 0 Å². The normalized spacial score (nSPS) is 9.79. The van der Waals surface area contributed by atoms with Gasteiger partial charge in [0.05, 0.1) is 16.8 Å². The smallest absolute Gasteiger partial charge is 0.181 e. The molecule has 0 fully saturated rings. The van der Waals surface area contributed by atoms with Crippen molar-refractivity contribution in [3.8, 4) is 5.75 Å². The van der Waals surface area contributed by atoms with Crippen LogP contribution in [-0.2, 0) is 0 Å². The van der Waals surface area contributed by atoms with Gasteiger partial charge in [0, 0.05) is 0 Å². The fraction of sp³-hybridized carbons (Fsp3) is 0.222. The Labute approximate surface area is 92.3 Å². The van der Waals surface area contributed by atoms with Gasteiger partial charge in [0.15, 0.2) is 5.13 Å². The van der Waals surface area contributed by atoms with Gasteiger partial charge in [0.1, 0.15) is 5.75 Å². The highest BCUT2D eigenvalue weighted by molar-refractivity contribution is 7.22. The minimum atomic E-state index is 0. The summed E-state index contributed by atoms with van der Waals surface area (Å²) in [4.78, 5) is 4.16. The molecule has 0 atom stereocenters. The van der Waals surface area contributed by atoms with Crippen LogP contribution in [0.5, 0.6) is 5.75 Å². The van der Waals surface area contributed by atoms with Gasteiger partial charge >= 0.3 is 0 Å². The van der Waals surface area contributed by atoms with E-state index in [0.717, 1.165) is 16.0 Å². The van der Waals surface area contributed by atoms with Crippen LogP contribution < -0.4 is 22.9 Å². The van der Waals surface area contributed by atoms with Crippen molar-refractivity contribution in [1.29, 1.82) is 0 Å². The molecule has 0 unspecified atom stereocenters. The molecule has 0 bridgehead atoms. The van der Waals surface area contributed by atoms with Gasteiger partial charge in [-0.25, -0.2) is 4.98 Å². The Morgan fingerprint density at radius 1 is 1.50 bits per heavy atom. The van der Waals surface area contributed by atoms with E-state index >= 15 is 0 Å². The van der Waals surface area contributed by atoms with Crippen molar-refractivity contribution in [1.82, 2.24) is 4.98 Å². The molecule has 0 saturated heterocycles. The Morgan fingerprint density at radius 2 is 2.29 bits per heavy atom. The molecular formula is C9H10ClN2OS-. The number of nitrogens with two attached hydrogens (primary N) is 1. The standard InChI is InChI=1S/C9H10N2OS.ClH/c1-2-12-6-3-4-7-8(5-6)13-9(10)11-7;/h3-5H,2H2,1H3,(H2,10,11);1H/p-1. The number of ether oxygens (including phenoxy) is 1. The predicted molar refractivity (Wildman–Crippen MR) is 55.2 cm³/mol. The molecule has 0 radical (unpaired) electrons. The first-order chi connectivity index (χ1) is 6.29. The number of halogens is 1. The van der Waals surface area contributed by atoms with Crippen LogP contribution in [0.2, 0.25) is 0 Å². The lowest BCUT2D eigenvalue weighted by Crippen LogP contribution is -3.00. The number of nitrogen functional groups attached to an aromatic ring is 1. The molecule has 1 heterocycles. The van der Waals surface area contributed by atoms with E-state index < -0.39 is 0 Å². The molecule has 2 rings (SSSR count). The van der Waals surface area contributed by atoms with Crippen molar-refractivity contribution >= 4 is 26.7 Å². The first-order valence-corrected chi connectivity index (χ1v) is 4.90. The summed E-state index contributed by atoms with van der Waals surface area (Å²) in [6.07, 6.45) is 0. The molecule has 2 aromatic rings. The van der Waals surface area contributed by atoms with Crippen LogP contribution in [0, 0.1) is 0 Å². The molecule has 0 aliphatic rings. The fourth-order valence-electron chi connectivity index (χ4n) is 1.18. The lowest BCUT2D eigenvalue weighted by Gasteiger charge is -2.00. The summed E-state index contributed by atoms with van der Waals surface area (Å²) in [6, 6.07) is 5.80. The fourth-order valence-corrected chi connectivity index (χ4v) is 1.94. The highest BCUT2D eigenvalue weighted by Gasteiger charge is 2.01. The zero-order chi connectivity index (χ0) is 9.26. The zero-order valence-corrected chi connectivity index (χ0v) is 9.23. The van der Waals surface area contributed by atoms with Crippen LogP contribution in [-0.4, -0.2) is 11.6 Å². The number of nitrogens with zero attached hydrogens (tertiary/aromatic N) is 1. The van der Waals surface area contributed by atoms with Crippen LogP contribution in [0.15, 0.2) is 18.2 Å². The predicted octanol–water partition coefficient (Wildman–Crippen LogP) is -0.719. The molecule has 1 aromatic heterocycles. The van der Waals surface area contributed by atoms with Gasteiger partial charge < -0.3 is 22.9 Å². The van der Waals surface area contributed by atoms with E-state index in [9.17, 15) is 0 Å². The summed E-state index contributed by atoms with van der Waals surface area (Å²) < 4.78 is 6.43. The summed E-state index contributed by atoms with van der Waals surface area (Å²) in [5.74, 6) is 0.874. The topological polar surface area (TPSA) is 48.1 Å². The Kier molecular flexibility index (Phi) is 3.55. The molecule has 1 aromatic carbocycles. The van der Waals surface area contributed by atoms with Gasteiger partial charge in [0.25, 0.3) is 0 Å². The van der Waals surface area contributed by atoms with Crippen molar-refractivity contribution in [2.75, 3.05) is 12.3 Å². The number of anilines is 1. The maximum Gasteiger partial charge on any atom is 0.181 e. The zero-order valence-electron chi connectivity index (χ0n) is 7.66. The molecule has 0 saturated carbocycles. The van der Waals surface area contributed by atoms with Crippen LogP contribution in [0.3, 0.4) is 0 Å². The van der Waals surface area contributed by atoms with E-state index in [4.69, 9.17) is 10.5 Å². The van der Waals surface area contributed by atoms with E-state index in [1.54, 1.807) is 0 Å². The molecule has 76 valence electrons. The lowest BCUT2D eigenvalue weighted by molar-refractivity contribution is -0.00000322. The minimum absolute atomic E-state index is 0. The largest absolute Gasteiger partial charge is 1.00 e. The van der Waals surface area contributed by atoms with Crippen LogP contribution >= 0.6 is 11.3 Å². The summed E-state index contributed by atoms with van der Waals surface area (Å²) in [6.45, 7) is 2.64. The van der Waals surface area contributed by atoms with Crippen LogP contribution in [0.1, 0.15) is 6.92 Å². The third-order valence-electron chi connectivity index (χ3n) is 1.69. The Balaban J connectivity index is 0.000000980. The van der Waals surface area contributed by atoms with Crippen molar-refractivity contribution in [3.05, 3.63) is 18.2 Å². The average molecular weight is 230 g/mol. The van der Waals surface area contributed by atoms with E-state index in [-0.39, 0.29) is 12.4 Å². The summed E-state index contributed by atoms with van der Waals surface area (Å²) in [5.41, 5.74) is 6.52. The van der Waals surface area contributed by atoms with E-state index in [0.29, 0.717) is 11.7 Å². The third kappa shape index (κ3) is 2.08. The first-order valence-electron chi connectivity index (χ1n) is 4.08. The summed E-state index contributed by atoms with van der Waals surface area (Å²) in [7, 11) is 0. The number of aromatic nitrogens is 1. The summed E-state index contributed by atoms with van der Waals surface area (Å²) in [5, 5.41) is 0.601. The molecular weight excluding hydrogens is 220 g/mol. The van der Waals surface area contributed by atoms with Crippen LogP contribution in [0.4, 0.5) is 5.13 Å². The van der Waals surface area contributed by atoms with Gasteiger partial charge in [-0.1, -0.05) is 11.3 Å². The Bertz CT molecular complexity index is 430. The van der Waals surface area contributed by atoms with E-state index in [1.165, 1.54) is 11.3 Å². The highest BCUT2D eigenvalue weighted by Crippen LogP contribution is 2.27. The quantitative estimate of drug-likeness (QED) is 0.740. The first kappa shape index (κ1) is 11.1. The van der Waals surface area contributed by atoms with Crippen molar-refractivity contribution in [3.63, 3.8) is 0 Å². The maximum absolute atomic E-state index is 5.58. The molecule has 2 N–H and O–H groups in total. The number of fused-ring (bicyclic) bond motifs is 1. The SMILES string of the molecule is CCOc1ccc2nc(N)sc2c1.[Cl-]. The number of thiazole rings is 1. The molecule has 0 spiro atoms. The molecule has 14 heavy (non-hydrogen) atoms. The second kappa shape index (κ2) is 4.48. The molecule has 0 amide bonds. The highest BCUT2D eigenvalue weighted by atomic mass is 35.5. The second-order valence-electron chi connectivity index (χ2n) is 2.61. The van der Waals surface area contributed by atoms with Gasteiger partial charge in [-0.05, 0) is 25.1 Å². The summed E-state index contributed by atoms with van der Waals surface area (Å²) >= 11 is 1.48. The lowest BCUT2D eigenvalue weighted by atomic mass is 10.3. The van der Waals surface area contributed by atoms with Crippen molar-refractivity contribution < 1.29 is 17.1 Å². The number of hydrogen-bond acceptors (Lipinski definition) is 4.